The summed E-state index contributed by atoms with van der Waals surface area (Å²) in [7, 11) is 0. The van der Waals surface area contributed by atoms with Crippen LogP contribution in [0.5, 0.6) is 0 Å². The number of carbonyl (C=O) groups is 1. The lowest BCUT2D eigenvalue weighted by atomic mass is 10.0. The van der Waals surface area contributed by atoms with Gasteiger partial charge in [-0.25, -0.2) is 14.5 Å². The first-order valence-electron chi connectivity index (χ1n) is 7.56. The molecule has 5 nitrogen and oxygen atoms in total. The first-order valence-corrected chi connectivity index (χ1v) is 7.94. The molecule has 0 bridgehead atoms. The molecule has 1 aromatic carbocycles. The van der Waals surface area contributed by atoms with Crippen molar-refractivity contribution in [3.8, 4) is 11.4 Å². The van der Waals surface area contributed by atoms with Crippen LogP contribution in [0, 0.1) is 0 Å². The van der Waals surface area contributed by atoms with Crippen molar-refractivity contribution in [2.45, 2.75) is 32.3 Å². The molecular weight excluding hydrogens is 416 g/mol. The Kier molecular flexibility index (Phi) is 6.07. The highest BCUT2D eigenvalue weighted by molar-refractivity contribution is 6.42. The van der Waals surface area contributed by atoms with Crippen molar-refractivity contribution in [3.63, 3.8) is 0 Å². The Bertz CT molecular complexity index is 870. The molecule has 0 aliphatic heterocycles. The van der Waals surface area contributed by atoms with E-state index in [9.17, 15) is 31.1 Å². The molecule has 2 rings (SSSR count). The summed E-state index contributed by atoms with van der Waals surface area (Å²) in [4.78, 5) is 15.3. The van der Waals surface area contributed by atoms with Crippen molar-refractivity contribution in [2.24, 2.45) is 0 Å². The first-order chi connectivity index (χ1) is 12.8. The number of halogens is 7. The number of aromatic nitrogens is 3. The van der Waals surface area contributed by atoms with Crippen LogP contribution in [0.3, 0.4) is 0 Å². The van der Waals surface area contributed by atoms with Gasteiger partial charge in [0.15, 0.2) is 5.82 Å². The third-order valence-corrected chi connectivity index (χ3v) is 3.39. The SMILES string of the molecule is CC(C)OC(=O)/C(Cl)=C/n1cnc(-c2cc(C(F)(F)F)cc(C(F)(F)F)c2)n1. The van der Waals surface area contributed by atoms with Crippen molar-refractivity contribution in [3.05, 3.63) is 40.7 Å². The highest BCUT2D eigenvalue weighted by Gasteiger charge is 2.37. The number of nitrogens with zero attached hydrogens (tertiary/aromatic N) is 3. The third-order valence-electron chi connectivity index (χ3n) is 3.14. The molecule has 0 aliphatic carbocycles. The van der Waals surface area contributed by atoms with Crippen LogP contribution in [0.2, 0.25) is 0 Å². The number of esters is 1. The molecule has 0 aliphatic rings. The Hall–Kier alpha value is -2.56. The van der Waals surface area contributed by atoms with Gasteiger partial charge in [-0.05, 0) is 32.0 Å². The molecule has 0 saturated heterocycles. The van der Waals surface area contributed by atoms with Crippen LogP contribution in [0.15, 0.2) is 29.6 Å². The molecule has 1 aromatic heterocycles. The van der Waals surface area contributed by atoms with Gasteiger partial charge in [0.1, 0.15) is 11.4 Å². The summed E-state index contributed by atoms with van der Waals surface area (Å²) in [5.74, 6) is -1.30. The Morgan fingerprint density at radius 2 is 1.64 bits per heavy atom. The summed E-state index contributed by atoms with van der Waals surface area (Å²) >= 11 is 5.74. The molecule has 0 unspecified atom stereocenters. The van der Waals surface area contributed by atoms with E-state index in [2.05, 4.69) is 10.1 Å². The summed E-state index contributed by atoms with van der Waals surface area (Å²) < 4.78 is 83.3. The Labute approximate surface area is 159 Å². The fraction of sp³-hybridized carbons (Fsp3) is 0.312. The van der Waals surface area contributed by atoms with E-state index >= 15 is 0 Å². The Balaban J connectivity index is 2.43. The minimum atomic E-state index is -5.00. The molecule has 0 radical (unpaired) electrons. The highest BCUT2D eigenvalue weighted by Crippen LogP contribution is 2.38. The summed E-state index contributed by atoms with van der Waals surface area (Å²) in [6.07, 6.45) is -8.52. The number of carbonyl (C=O) groups excluding carboxylic acids is 1. The molecule has 0 atom stereocenters. The molecule has 0 N–H and O–H groups in total. The zero-order valence-electron chi connectivity index (χ0n) is 14.3. The van der Waals surface area contributed by atoms with Crippen LogP contribution in [-0.4, -0.2) is 26.8 Å². The van der Waals surface area contributed by atoms with Crippen molar-refractivity contribution in [1.29, 1.82) is 0 Å². The smallest absolute Gasteiger partial charge is 0.416 e. The maximum atomic E-state index is 12.9. The second-order valence-corrected chi connectivity index (χ2v) is 6.18. The normalized spacial score (nSPS) is 13.1. The molecule has 2 aromatic rings. The monoisotopic (exact) mass is 427 g/mol. The van der Waals surface area contributed by atoms with Crippen molar-refractivity contribution in [1.82, 2.24) is 14.8 Å². The minimum Gasteiger partial charge on any atom is -0.459 e. The number of alkyl halides is 6. The average molecular weight is 428 g/mol. The van der Waals surface area contributed by atoms with Crippen LogP contribution in [0.1, 0.15) is 25.0 Å². The zero-order chi connectivity index (χ0) is 21.3. The molecule has 0 fully saturated rings. The predicted molar refractivity (Wildman–Crippen MR) is 86.8 cm³/mol. The van der Waals surface area contributed by atoms with E-state index in [4.69, 9.17) is 16.3 Å². The molecule has 152 valence electrons. The van der Waals surface area contributed by atoms with Crippen LogP contribution < -0.4 is 0 Å². The van der Waals surface area contributed by atoms with Crippen molar-refractivity contribution in [2.75, 3.05) is 0 Å². The van der Waals surface area contributed by atoms with Crippen molar-refractivity contribution < 1.29 is 35.9 Å². The van der Waals surface area contributed by atoms with Gasteiger partial charge in [-0.2, -0.15) is 26.3 Å². The summed E-state index contributed by atoms with van der Waals surface area (Å²) in [5.41, 5.74) is -3.50. The first kappa shape index (κ1) is 21.7. The standard InChI is InChI=1S/C16H12ClF6N3O2/c1-8(2)28-14(27)12(17)6-26-7-24-13(25-26)9-3-10(15(18,19)20)5-11(4-9)16(21,22)23/h3-8H,1-2H3/b12-6-. The van der Waals surface area contributed by atoms with Crippen molar-refractivity contribution >= 4 is 23.8 Å². The van der Waals surface area contributed by atoms with Gasteiger partial charge in [0, 0.05) is 5.56 Å². The maximum absolute atomic E-state index is 12.9. The van der Waals surface area contributed by atoms with Gasteiger partial charge in [0.2, 0.25) is 0 Å². The van der Waals surface area contributed by atoms with Gasteiger partial charge in [-0.15, -0.1) is 5.10 Å². The molecule has 0 amide bonds. The quantitative estimate of drug-likeness (QED) is 0.393. The lowest BCUT2D eigenvalue weighted by Crippen LogP contribution is -2.11. The highest BCUT2D eigenvalue weighted by atomic mass is 35.5. The molecular formula is C16H12ClF6N3O2. The largest absolute Gasteiger partial charge is 0.459 e. The van der Waals surface area contributed by atoms with E-state index in [-0.39, 0.29) is 6.07 Å². The lowest BCUT2D eigenvalue weighted by molar-refractivity contribution is -0.143. The van der Waals surface area contributed by atoms with E-state index in [0.29, 0.717) is 12.1 Å². The number of benzene rings is 1. The van der Waals surface area contributed by atoms with E-state index < -0.39 is 52.0 Å². The van der Waals surface area contributed by atoms with Gasteiger partial charge >= 0.3 is 18.3 Å². The third kappa shape index (κ3) is 5.47. The van der Waals surface area contributed by atoms with E-state index in [1.54, 1.807) is 13.8 Å². The summed E-state index contributed by atoms with van der Waals surface area (Å²) in [6, 6.07) is 0.986. The minimum absolute atomic E-state index is 0.000807. The average Bonchev–Trinajstić information content (AvgIpc) is 3.00. The van der Waals surface area contributed by atoms with Gasteiger partial charge in [0.25, 0.3) is 0 Å². The zero-order valence-corrected chi connectivity index (χ0v) is 15.0. The van der Waals surface area contributed by atoms with Gasteiger partial charge < -0.3 is 4.74 Å². The predicted octanol–water partition coefficient (Wildman–Crippen LogP) is 4.97. The Morgan fingerprint density at radius 1 is 1.11 bits per heavy atom. The molecule has 0 saturated carbocycles. The fourth-order valence-corrected chi connectivity index (χ4v) is 2.14. The summed E-state index contributed by atoms with van der Waals surface area (Å²) in [5, 5.41) is 3.32. The van der Waals surface area contributed by atoms with Crippen LogP contribution >= 0.6 is 11.6 Å². The number of hydrogen-bond acceptors (Lipinski definition) is 4. The molecule has 28 heavy (non-hydrogen) atoms. The van der Waals surface area contributed by atoms with Gasteiger partial charge in [-0.3, -0.25) is 0 Å². The molecule has 12 heteroatoms. The molecule has 0 spiro atoms. The second-order valence-electron chi connectivity index (χ2n) is 5.77. The van der Waals surface area contributed by atoms with E-state index in [1.165, 1.54) is 0 Å². The second kappa shape index (κ2) is 7.82. The van der Waals surface area contributed by atoms with Gasteiger partial charge in [-0.1, -0.05) is 11.6 Å². The molecule has 1 heterocycles. The summed E-state index contributed by atoms with van der Waals surface area (Å²) in [6.45, 7) is 3.17. The number of hydrogen-bond donors (Lipinski definition) is 0. The number of rotatable bonds is 4. The van der Waals surface area contributed by atoms with Crippen LogP contribution in [0.25, 0.3) is 17.6 Å². The Morgan fingerprint density at radius 3 is 2.11 bits per heavy atom. The van der Waals surface area contributed by atoms with Crippen LogP contribution in [-0.2, 0) is 21.9 Å². The van der Waals surface area contributed by atoms with E-state index in [0.717, 1.165) is 17.2 Å². The maximum Gasteiger partial charge on any atom is 0.416 e. The lowest BCUT2D eigenvalue weighted by Gasteiger charge is -2.13. The fourth-order valence-electron chi connectivity index (χ4n) is 1.99. The van der Waals surface area contributed by atoms with Crippen LogP contribution in [0.4, 0.5) is 26.3 Å². The van der Waals surface area contributed by atoms with E-state index in [1.807, 2.05) is 0 Å². The number of ether oxygens (including phenoxy) is 1. The topological polar surface area (TPSA) is 57.0 Å². The van der Waals surface area contributed by atoms with Gasteiger partial charge in [0.05, 0.1) is 23.4 Å².